The van der Waals surface area contributed by atoms with Crippen LogP contribution in [0.4, 0.5) is 0 Å². The smallest absolute Gasteiger partial charge is 0.146 e. The first-order valence-corrected chi connectivity index (χ1v) is 6.52. The third-order valence-corrected chi connectivity index (χ3v) is 3.69. The molecule has 0 saturated carbocycles. The van der Waals surface area contributed by atoms with Gasteiger partial charge in [0.2, 0.25) is 0 Å². The average molecular weight is 340 g/mol. The van der Waals surface area contributed by atoms with Crippen LogP contribution in [0.1, 0.15) is 19.7 Å². The van der Waals surface area contributed by atoms with Crippen molar-refractivity contribution < 1.29 is 0 Å². The lowest BCUT2D eigenvalue weighted by atomic mass is 10.3. The molecule has 0 aliphatic carbocycles. The largest absolute Gasteiger partial charge is 0.303 e. The molecule has 1 heterocycles. The van der Waals surface area contributed by atoms with Gasteiger partial charge in [-0.1, -0.05) is 25.4 Å². The highest BCUT2D eigenvalue weighted by Crippen LogP contribution is 2.14. The van der Waals surface area contributed by atoms with Gasteiger partial charge in [0.25, 0.3) is 0 Å². The van der Waals surface area contributed by atoms with Crippen LogP contribution in [-0.2, 0) is 6.42 Å². The molecule has 0 aliphatic rings. The van der Waals surface area contributed by atoms with E-state index in [2.05, 4.69) is 51.3 Å². The highest BCUT2D eigenvalue weighted by atomic mass is 127. The molecule has 5 heteroatoms. The predicted octanol–water partition coefficient (Wildman–Crippen LogP) is 2.62. The maximum atomic E-state index is 5.92. The van der Waals surface area contributed by atoms with Crippen LogP contribution in [0.15, 0.2) is 6.20 Å². The monoisotopic (exact) mass is 339 g/mol. The first-order chi connectivity index (χ1) is 7.17. The molecule has 0 radical (unpaired) electrons. The summed E-state index contributed by atoms with van der Waals surface area (Å²) < 4.78 is 0.904. The standard InChI is InChI=1S/C10H15ClIN3/c1-3-15(4-2)6-5-9-13-7-8(12)10(11)14-9/h7H,3-6H2,1-2H3. The minimum Gasteiger partial charge on any atom is -0.303 e. The number of aromatic nitrogens is 2. The van der Waals surface area contributed by atoms with Crippen molar-refractivity contribution in [3.05, 3.63) is 20.7 Å². The van der Waals surface area contributed by atoms with Gasteiger partial charge < -0.3 is 4.90 Å². The Hall–Kier alpha value is 0.0600. The summed E-state index contributed by atoms with van der Waals surface area (Å²) >= 11 is 8.05. The summed E-state index contributed by atoms with van der Waals surface area (Å²) in [5.74, 6) is 0.826. The first-order valence-electron chi connectivity index (χ1n) is 5.06. The molecule has 1 rings (SSSR count). The first kappa shape index (κ1) is 13.1. The predicted molar refractivity (Wildman–Crippen MR) is 71.3 cm³/mol. The lowest BCUT2D eigenvalue weighted by Crippen LogP contribution is -2.25. The lowest BCUT2D eigenvalue weighted by Gasteiger charge is -2.16. The third kappa shape index (κ3) is 4.20. The van der Waals surface area contributed by atoms with Crippen molar-refractivity contribution in [2.24, 2.45) is 0 Å². The summed E-state index contributed by atoms with van der Waals surface area (Å²) in [6, 6.07) is 0. The number of nitrogens with zero attached hydrogens (tertiary/aromatic N) is 3. The van der Waals surface area contributed by atoms with Crippen LogP contribution in [0.25, 0.3) is 0 Å². The summed E-state index contributed by atoms with van der Waals surface area (Å²) in [5.41, 5.74) is 0. The van der Waals surface area contributed by atoms with E-state index >= 15 is 0 Å². The van der Waals surface area contributed by atoms with Gasteiger partial charge in [-0.2, -0.15) is 0 Å². The van der Waals surface area contributed by atoms with E-state index in [-0.39, 0.29) is 0 Å². The van der Waals surface area contributed by atoms with E-state index in [1.807, 2.05) is 0 Å². The van der Waals surface area contributed by atoms with Crippen LogP contribution < -0.4 is 0 Å². The Morgan fingerprint density at radius 3 is 2.60 bits per heavy atom. The number of hydrogen-bond acceptors (Lipinski definition) is 3. The molecule has 0 fully saturated rings. The maximum absolute atomic E-state index is 5.92. The summed E-state index contributed by atoms with van der Waals surface area (Å²) in [4.78, 5) is 10.8. The summed E-state index contributed by atoms with van der Waals surface area (Å²) in [6.07, 6.45) is 2.63. The van der Waals surface area contributed by atoms with Crippen LogP contribution in [0.3, 0.4) is 0 Å². The van der Waals surface area contributed by atoms with Gasteiger partial charge in [0.15, 0.2) is 0 Å². The molecule has 0 aromatic carbocycles. The zero-order valence-electron chi connectivity index (χ0n) is 9.00. The van der Waals surface area contributed by atoms with Crippen molar-refractivity contribution in [3.8, 4) is 0 Å². The van der Waals surface area contributed by atoms with Crippen LogP contribution >= 0.6 is 34.2 Å². The molecule has 0 unspecified atom stereocenters. The SMILES string of the molecule is CCN(CC)CCc1ncc(I)c(Cl)n1. The van der Waals surface area contributed by atoms with Crippen molar-refractivity contribution in [1.29, 1.82) is 0 Å². The zero-order valence-corrected chi connectivity index (χ0v) is 11.9. The van der Waals surface area contributed by atoms with Crippen molar-refractivity contribution in [3.63, 3.8) is 0 Å². The van der Waals surface area contributed by atoms with E-state index in [1.54, 1.807) is 6.20 Å². The minimum absolute atomic E-state index is 0.556. The molecule has 15 heavy (non-hydrogen) atoms. The summed E-state index contributed by atoms with van der Waals surface area (Å²) in [7, 11) is 0. The second-order valence-electron chi connectivity index (χ2n) is 3.20. The van der Waals surface area contributed by atoms with Crippen LogP contribution in [0, 0.1) is 3.57 Å². The van der Waals surface area contributed by atoms with Crippen molar-refractivity contribution >= 4 is 34.2 Å². The van der Waals surface area contributed by atoms with Crippen molar-refractivity contribution in [1.82, 2.24) is 14.9 Å². The molecular weight excluding hydrogens is 324 g/mol. The maximum Gasteiger partial charge on any atom is 0.146 e. The van der Waals surface area contributed by atoms with E-state index in [0.29, 0.717) is 5.15 Å². The fourth-order valence-corrected chi connectivity index (χ4v) is 1.70. The number of rotatable bonds is 5. The topological polar surface area (TPSA) is 29.0 Å². The van der Waals surface area contributed by atoms with E-state index < -0.39 is 0 Å². The molecule has 1 aromatic rings. The fraction of sp³-hybridized carbons (Fsp3) is 0.600. The second-order valence-corrected chi connectivity index (χ2v) is 4.72. The molecule has 1 aromatic heterocycles. The number of likely N-dealkylation sites (N-methyl/N-ethyl adjacent to an activating group) is 1. The third-order valence-electron chi connectivity index (χ3n) is 2.30. The molecule has 0 amide bonds. The quantitative estimate of drug-likeness (QED) is 0.610. The summed E-state index contributed by atoms with van der Waals surface area (Å²) in [6.45, 7) is 7.43. The van der Waals surface area contributed by atoms with Gasteiger partial charge in [-0.15, -0.1) is 0 Å². The molecule has 84 valence electrons. The molecule has 0 atom stereocenters. The Morgan fingerprint density at radius 1 is 1.40 bits per heavy atom. The molecular formula is C10H15ClIN3. The van der Waals surface area contributed by atoms with Gasteiger partial charge in [0, 0.05) is 19.2 Å². The molecule has 0 N–H and O–H groups in total. The Kier molecular flexibility index (Phi) is 5.78. The number of hydrogen-bond donors (Lipinski definition) is 0. The van der Waals surface area contributed by atoms with Crippen molar-refractivity contribution in [2.45, 2.75) is 20.3 Å². The normalized spacial score (nSPS) is 11.0. The molecule has 0 aliphatic heterocycles. The van der Waals surface area contributed by atoms with Gasteiger partial charge in [0.1, 0.15) is 11.0 Å². The fourth-order valence-electron chi connectivity index (χ4n) is 1.30. The molecule has 0 bridgehead atoms. The lowest BCUT2D eigenvalue weighted by molar-refractivity contribution is 0.305. The highest BCUT2D eigenvalue weighted by Gasteiger charge is 2.04. The Labute approximate surface area is 109 Å². The van der Waals surface area contributed by atoms with E-state index in [1.165, 1.54) is 0 Å². The van der Waals surface area contributed by atoms with Gasteiger partial charge in [-0.25, -0.2) is 9.97 Å². The second kappa shape index (κ2) is 6.60. The van der Waals surface area contributed by atoms with Gasteiger partial charge >= 0.3 is 0 Å². The van der Waals surface area contributed by atoms with Crippen LogP contribution in [-0.4, -0.2) is 34.5 Å². The zero-order chi connectivity index (χ0) is 11.3. The Balaban J connectivity index is 2.54. The van der Waals surface area contributed by atoms with Crippen molar-refractivity contribution in [2.75, 3.05) is 19.6 Å². The van der Waals surface area contributed by atoms with Gasteiger partial charge in [-0.3, -0.25) is 0 Å². The van der Waals surface area contributed by atoms with Crippen LogP contribution in [0.2, 0.25) is 5.15 Å². The molecule has 3 nitrogen and oxygen atoms in total. The summed E-state index contributed by atoms with van der Waals surface area (Å²) in [5, 5.41) is 0.556. The highest BCUT2D eigenvalue weighted by molar-refractivity contribution is 14.1. The minimum atomic E-state index is 0.556. The van der Waals surface area contributed by atoms with Gasteiger partial charge in [0.05, 0.1) is 3.57 Å². The van der Waals surface area contributed by atoms with E-state index in [4.69, 9.17) is 11.6 Å². The van der Waals surface area contributed by atoms with E-state index in [0.717, 1.165) is 35.4 Å². The van der Waals surface area contributed by atoms with Crippen LogP contribution in [0.5, 0.6) is 0 Å². The van der Waals surface area contributed by atoms with Gasteiger partial charge in [-0.05, 0) is 35.7 Å². The average Bonchev–Trinajstić information content (AvgIpc) is 2.24. The number of halogens is 2. The van der Waals surface area contributed by atoms with E-state index in [9.17, 15) is 0 Å². The Morgan fingerprint density at radius 2 is 2.07 bits per heavy atom. The molecule has 0 spiro atoms. The Bertz CT molecular complexity index is 316. The molecule has 0 saturated heterocycles.